The number of amides is 1. The molecule has 2 saturated carbocycles. The largest absolute Gasteiger partial charge is 0.341 e. The Hall–Kier alpha value is -2.72. The average molecular weight is 432 g/mol. The number of benzene rings is 1. The summed E-state index contributed by atoms with van der Waals surface area (Å²) >= 11 is 1.24. The number of sulfonamides is 1. The molecule has 29 heavy (non-hydrogen) atoms. The van der Waals surface area contributed by atoms with Gasteiger partial charge in [-0.2, -0.15) is 0 Å². The summed E-state index contributed by atoms with van der Waals surface area (Å²) in [6.45, 7) is 0. The summed E-state index contributed by atoms with van der Waals surface area (Å²) < 4.78 is 27.7. The fraction of sp³-hybridized carbons (Fsp3) is 0.316. The highest BCUT2D eigenvalue weighted by atomic mass is 32.2. The topological polar surface area (TPSA) is 112 Å². The number of aromatic nitrogens is 2. The number of hydrogen-bond donors (Lipinski definition) is 3. The van der Waals surface area contributed by atoms with E-state index < -0.39 is 15.6 Å². The lowest BCUT2D eigenvalue weighted by Gasteiger charge is -2.15. The molecule has 0 radical (unpaired) electrons. The van der Waals surface area contributed by atoms with E-state index in [2.05, 4.69) is 15.0 Å². The van der Waals surface area contributed by atoms with Crippen molar-refractivity contribution in [3.63, 3.8) is 0 Å². The molecule has 0 bridgehead atoms. The molecule has 8 nitrogen and oxygen atoms in total. The Bertz CT molecular complexity index is 1230. The summed E-state index contributed by atoms with van der Waals surface area (Å²) in [6, 6.07) is 7.00. The molecule has 1 aromatic carbocycles. The van der Waals surface area contributed by atoms with Crippen LogP contribution in [0.3, 0.4) is 0 Å². The maximum atomic E-state index is 12.8. The SMILES string of the molecule is O=C(NC1(c2csc(NS(=O)(=O)C3CC3)n2)CC1)c1ccc2c[n+](O)ccc2c1. The van der Waals surface area contributed by atoms with Crippen LogP contribution in [-0.2, 0) is 15.6 Å². The molecule has 3 N–H and O–H groups in total. The van der Waals surface area contributed by atoms with Gasteiger partial charge in [-0.05, 0) is 49.3 Å². The number of thiazole rings is 1. The predicted octanol–water partition coefficient (Wildman–Crippen LogP) is 2.14. The zero-order valence-corrected chi connectivity index (χ0v) is 17.0. The van der Waals surface area contributed by atoms with Crippen molar-refractivity contribution in [1.29, 1.82) is 0 Å². The molecule has 2 fully saturated rings. The van der Waals surface area contributed by atoms with Crippen molar-refractivity contribution in [1.82, 2.24) is 10.3 Å². The molecule has 2 aliphatic rings. The first kappa shape index (κ1) is 18.3. The molecule has 1 amide bonds. The lowest BCUT2D eigenvalue weighted by atomic mass is 10.1. The van der Waals surface area contributed by atoms with Crippen LogP contribution in [0, 0.1) is 0 Å². The molecule has 2 heterocycles. The number of rotatable bonds is 6. The quantitative estimate of drug-likeness (QED) is 0.409. The van der Waals surface area contributed by atoms with Gasteiger partial charge in [-0.25, -0.2) is 13.4 Å². The Labute approximate surface area is 171 Å². The van der Waals surface area contributed by atoms with Gasteiger partial charge in [0.1, 0.15) is 0 Å². The van der Waals surface area contributed by atoms with Crippen LogP contribution >= 0.6 is 11.3 Å². The molecular formula is C19H19N4O4S2+. The third-order valence-electron chi connectivity index (χ3n) is 5.32. The Morgan fingerprint density at radius 3 is 2.76 bits per heavy atom. The van der Waals surface area contributed by atoms with Crippen molar-refractivity contribution < 1.29 is 23.1 Å². The number of anilines is 1. The molecule has 0 aliphatic heterocycles. The predicted molar refractivity (Wildman–Crippen MR) is 107 cm³/mol. The molecule has 5 rings (SSSR count). The molecule has 10 heteroatoms. The third kappa shape index (κ3) is 3.53. The lowest BCUT2D eigenvalue weighted by Crippen LogP contribution is -2.35. The van der Waals surface area contributed by atoms with Gasteiger partial charge in [-0.3, -0.25) is 14.7 Å². The number of nitrogens with zero attached hydrogens (tertiary/aromatic N) is 2. The number of hydrogen-bond acceptors (Lipinski definition) is 6. The zero-order valence-electron chi connectivity index (χ0n) is 15.3. The zero-order chi connectivity index (χ0) is 20.2. The highest BCUT2D eigenvalue weighted by molar-refractivity contribution is 7.93. The van der Waals surface area contributed by atoms with Crippen molar-refractivity contribution in [3.8, 4) is 0 Å². The van der Waals surface area contributed by atoms with Crippen molar-refractivity contribution in [3.05, 3.63) is 53.3 Å². The molecule has 2 aromatic heterocycles. The Balaban J connectivity index is 1.33. The van der Waals surface area contributed by atoms with E-state index in [4.69, 9.17) is 0 Å². The second-order valence-corrected chi connectivity index (χ2v) is 10.4. The van der Waals surface area contributed by atoms with Gasteiger partial charge in [0.15, 0.2) is 5.13 Å². The van der Waals surface area contributed by atoms with E-state index in [0.717, 1.165) is 28.3 Å². The Morgan fingerprint density at radius 2 is 2.03 bits per heavy atom. The van der Waals surface area contributed by atoms with Crippen LogP contribution in [-0.4, -0.2) is 29.8 Å². The number of carbonyl (C=O) groups is 1. The van der Waals surface area contributed by atoms with Crippen molar-refractivity contribution in [2.75, 3.05) is 4.72 Å². The highest BCUT2D eigenvalue weighted by Crippen LogP contribution is 2.46. The van der Waals surface area contributed by atoms with E-state index in [9.17, 15) is 18.4 Å². The molecule has 0 saturated heterocycles. The smallest absolute Gasteiger partial charge is 0.252 e. The summed E-state index contributed by atoms with van der Waals surface area (Å²) in [6.07, 6.45) is 5.98. The first-order chi connectivity index (χ1) is 13.8. The fourth-order valence-corrected chi connectivity index (χ4v) is 5.71. The molecule has 0 spiro atoms. The van der Waals surface area contributed by atoms with Crippen molar-refractivity contribution >= 4 is 43.2 Å². The summed E-state index contributed by atoms with van der Waals surface area (Å²) in [4.78, 5) is 17.2. The maximum Gasteiger partial charge on any atom is 0.252 e. The van der Waals surface area contributed by atoms with E-state index in [1.54, 1.807) is 35.8 Å². The van der Waals surface area contributed by atoms with Gasteiger partial charge in [0, 0.05) is 21.7 Å². The van der Waals surface area contributed by atoms with Gasteiger partial charge in [0.05, 0.1) is 21.9 Å². The fourth-order valence-electron chi connectivity index (χ4n) is 3.30. The lowest BCUT2D eigenvalue weighted by molar-refractivity contribution is -0.903. The second-order valence-electron chi connectivity index (χ2n) is 7.59. The van der Waals surface area contributed by atoms with Crippen LogP contribution in [0.2, 0.25) is 0 Å². The highest BCUT2D eigenvalue weighted by Gasteiger charge is 2.48. The van der Waals surface area contributed by atoms with E-state index >= 15 is 0 Å². The molecular weight excluding hydrogens is 412 g/mol. The van der Waals surface area contributed by atoms with Crippen LogP contribution in [0.1, 0.15) is 41.7 Å². The average Bonchev–Trinajstić information content (AvgIpc) is 3.61. The summed E-state index contributed by atoms with van der Waals surface area (Å²) in [7, 11) is -3.35. The van der Waals surface area contributed by atoms with Crippen molar-refractivity contribution in [2.24, 2.45) is 0 Å². The first-order valence-electron chi connectivity index (χ1n) is 9.29. The summed E-state index contributed by atoms with van der Waals surface area (Å²) in [5.41, 5.74) is 0.659. The number of nitrogens with one attached hydrogen (secondary N) is 2. The minimum Gasteiger partial charge on any atom is -0.341 e. The van der Waals surface area contributed by atoms with Gasteiger partial charge in [0.2, 0.25) is 22.4 Å². The summed E-state index contributed by atoms with van der Waals surface area (Å²) in [5, 5.41) is 16.1. The van der Waals surface area contributed by atoms with E-state index in [1.165, 1.54) is 17.5 Å². The molecule has 3 aromatic rings. The minimum absolute atomic E-state index is 0.210. The third-order valence-corrected chi connectivity index (χ3v) is 8.03. The Morgan fingerprint density at radius 1 is 1.24 bits per heavy atom. The molecule has 150 valence electrons. The van der Waals surface area contributed by atoms with Gasteiger partial charge in [0.25, 0.3) is 5.91 Å². The first-order valence-corrected chi connectivity index (χ1v) is 11.7. The molecule has 2 aliphatic carbocycles. The molecule has 0 atom stereocenters. The molecule has 0 unspecified atom stereocenters. The van der Waals surface area contributed by atoms with Crippen LogP contribution in [0.5, 0.6) is 0 Å². The standard InChI is InChI=1S/C19H18N4O4S2/c24-17(13-1-2-14-10-23(25)8-5-12(14)9-13)21-19(6-7-19)16-11-28-18(20-16)22-29(26,27)15-3-4-15/h1-2,5,8-11,15H,3-4,6-7H2,(H2-,20,21,22,24,25)/p+1. The summed E-state index contributed by atoms with van der Waals surface area (Å²) in [5.74, 6) is -0.210. The number of pyridine rings is 1. The van der Waals surface area contributed by atoms with E-state index in [0.29, 0.717) is 29.2 Å². The van der Waals surface area contributed by atoms with Crippen LogP contribution in [0.25, 0.3) is 10.8 Å². The van der Waals surface area contributed by atoms with Crippen molar-refractivity contribution in [2.45, 2.75) is 36.5 Å². The number of fused-ring (bicyclic) bond motifs is 1. The van der Waals surface area contributed by atoms with Crippen LogP contribution in [0.4, 0.5) is 5.13 Å². The normalized spacial score (nSPS) is 17.8. The monoisotopic (exact) mass is 431 g/mol. The van der Waals surface area contributed by atoms with Gasteiger partial charge < -0.3 is 5.32 Å². The van der Waals surface area contributed by atoms with Gasteiger partial charge in [-0.1, -0.05) is 0 Å². The van der Waals surface area contributed by atoms with Crippen LogP contribution in [0.15, 0.2) is 42.0 Å². The minimum atomic E-state index is -3.35. The van der Waals surface area contributed by atoms with Gasteiger partial charge >= 0.3 is 0 Å². The van der Waals surface area contributed by atoms with Gasteiger partial charge in [-0.15, -0.1) is 11.3 Å². The van der Waals surface area contributed by atoms with Crippen LogP contribution < -0.4 is 14.8 Å². The maximum absolute atomic E-state index is 12.8. The van der Waals surface area contributed by atoms with E-state index in [-0.39, 0.29) is 11.2 Å². The Kier molecular flexibility index (Phi) is 4.04. The number of carbonyl (C=O) groups excluding carboxylic acids is 1. The van der Waals surface area contributed by atoms with E-state index in [1.807, 2.05) is 0 Å². The second kappa shape index (κ2) is 6.39.